The quantitative estimate of drug-likeness (QED) is 0.612. The van der Waals surface area contributed by atoms with E-state index >= 15 is 0 Å². The number of rotatable bonds is 1. The summed E-state index contributed by atoms with van der Waals surface area (Å²) in [7, 11) is 0. The van der Waals surface area contributed by atoms with Crippen LogP contribution in [-0.2, 0) is 4.79 Å². The van der Waals surface area contributed by atoms with Gasteiger partial charge in [0.05, 0.1) is 11.8 Å². The van der Waals surface area contributed by atoms with Crippen molar-refractivity contribution in [1.29, 1.82) is 0 Å². The summed E-state index contributed by atoms with van der Waals surface area (Å²) in [4.78, 5) is 23.5. The highest BCUT2D eigenvalue weighted by atomic mass is 16.3. The molecule has 0 bridgehead atoms. The van der Waals surface area contributed by atoms with Gasteiger partial charge >= 0.3 is 0 Å². The van der Waals surface area contributed by atoms with Gasteiger partial charge in [0.15, 0.2) is 0 Å². The summed E-state index contributed by atoms with van der Waals surface area (Å²) in [5, 5.41) is 2.31. The maximum Gasteiger partial charge on any atom is 0.258 e. The van der Waals surface area contributed by atoms with Gasteiger partial charge in [-0.3, -0.25) is 14.9 Å². The molecule has 1 aromatic carbocycles. The molecule has 1 aliphatic heterocycles. The van der Waals surface area contributed by atoms with Crippen LogP contribution in [0.5, 0.6) is 0 Å². The number of imide groups is 1. The molecular formula is C14H9NO3. The molecule has 0 radical (unpaired) electrons. The van der Waals surface area contributed by atoms with Crippen molar-refractivity contribution in [3.63, 3.8) is 0 Å². The van der Waals surface area contributed by atoms with E-state index in [1.807, 2.05) is 0 Å². The van der Waals surface area contributed by atoms with Crippen molar-refractivity contribution in [1.82, 2.24) is 5.32 Å². The van der Waals surface area contributed by atoms with Gasteiger partial charge in [0.1, 0.15) is 5.76 Å². The van der Waals surface area contributed by atoms with E-state index in [9.17, 15) is 9.59 Å². The van der Waals surface area contributed by atoms with Crippen molar-refractivity contribution in [2.45, 2.75) is 0 Å². The monoisotopic (exact) mass is 239 g/mol. The van der Waals surface area contributed by atoms with Gasteiger partial charge in [-0.05, 0) is 24.3 Å². The van der Waals surface area contributed by atoms with Crippen LogP contribution in [-0.4, -0.2) is 11.8 Å². The Kier molecular flexibility index (Phi) is 2.34. The average molecular weight is 239 g/mol. The number of fused-ring (bicyclic) bond motifs is 1. The Morgan fingerprint density at radius 1 is 0.944 bits per heavy atom. The maximum absolute atomic E-state index is 11.9. The van der Waals surface area contributed by atoms with Gasteiger partial charge in [-0.2, -0.15) is 0 Å². The van der Waals surface area contributed by atoms with Crippen LogP contribution in [0.15, 0.2) is 47.1 Å². The summed E-state index contributed by atoms with van der Waals surface area (Å²) in [5.74, 6) is -0.202. The normalized spacial score (nSPS) is 16.6. The standard InChI is InChI=1S/C14H9NO3/c16-13-11-6-2-1-5-10(11)12(14(17)15-13)8-9-4-3-7-18-9/h1-8H,(H,15,16,17)/b12-8+. The maximum atomic E-state index is 11.9. The molecule has 4 nitrogen and oxygen atoms in total. The Labute approximate surface area is 103 Å². The summed E-state index contributed by atoms with van der Waals surface area (Å²) >= 11 is 0. The van der Waals surface area contributed by atoms with Crippen molar-refractivity contribution >= 4 is 23.5 Å². The zero-order valence-corrected chi connectivity index (χ0v) is 9.34. The van der Waals surface area contributed by atoms with Gasteiger partial charge in [-0.1, -0.05) is 18.2 Å². The molecule has 0 atom stereocenters. The third kappa shape index (κ3) is 1.64. The first-order valence-electron chi connectivity index (χ1n) is 5.46. The molecule has 0 spiro atoms. The van der Waals surface area contributed by atoms with E-state index in [1.54, 1.807) is 42.5 Å². The summed E-state index contributed by atoms with van der Waals surface area (Å²) in [6.07, 6.45) is 3.16. The summed E-state index contributed by atoms with van der Waals surface area (Å²) < 4.78 is 5.19. The number of furan rings is 1. The summed E-state index contributed by atoms with van der Waals surface area (Å²) in [6, 6.07) is 10.5. The van der Waals surface area contributed by atoms with E-state index in [-0.39, 0.29) is 5.91 Å². The molecule has 1 N–H and O–H groups in total. The second-order valence-electron chi connectivity index (χ2n) is 3.90. The van der Waals surface area contributed by atoms with Gasteiger partial charge in [-0.15, -0.1) is 0 Å². The van der Waals surface area contributed by atoms with Crippen molar-refractivity contribution in [2.75, 3.05) is 0 Å². The molecule has 2 heterocycles. The predicted molar refractivity (Wildman–Crippen MR) is 65.5 cm³/mol. The molecule has 3 rings (SSSR count). The minimum absolute atomic E-state index is 0.368. The fraction of sp³-hybridized carbons (Fsp3) is 0. The van der Waals surface area contributed by atoms with Gasteiger partial charge < -0.3 is 4.42 Å². The van der Waals surface area contributed by atoms with Crippen LogP contribution < -0.4 is 5.32 Å². The fourth-order valence-corrected chi connectivity index (χ4v) is 1.94. The molecule has 1 aromatic heterocycles. The van der Waals surface area contributed by atoms with E-state index in [1.165, 1.54) is 6.26 Å². The first kappa shape index (κ1) is 10.5. The number of nitrogens with one attached hydrogen (secondary N) is 1. The molecule has 88 valence electrons. The molecule has 18 heavy (non-hydrogen) atoms. The Hall–Kier alpha value is -2.62. The van der Waals surface area contributed by atoms with Crippen molar-refractivity contribution in [3.05, 3.63) is 59.5 Å². The molecular weight excluding hydrogens is 230 g/mol. The molecule has 0 aliphatic carbocycles. The van der Waals surface area contributed by atoms with Gasteiger partial charge in [0.2, 0.25) is 0 Å². The zero-order valence-electron chi connectivity index (χ0n) is 9.34. The van der Waals surface area contributed by atoms with Crippen LogP contribution in [0.2, 0.25) is 0 Å². The number of hydrogen-bond acceptors (Lipinski definition) is 3. The Morgan fingerprint density at radius 3 is 2.44 bits per heavy atom. The third-order valence-corrected chi connectivity index (χ3v) is 2.76. The van der Waals surface area contributed by atoms with Gasteiger partial charge in [-0.25, -0.2) is 0 Å². The highest BCUT2D eigenvalue weighted by Gasteiger charge is 2.26. The lowest BCUT2D eigenvalue weighted by molar-refractivity contribution is -0.114. The number of carbonyl (C=O) groups excluding carboxylic acids is 2. The van der Waals surface area contributed by atoms with Crippen LogP contribution in [0.25, 0.3) is 11.6 Å². The molecule has 2 amide bonds. The summed E-state index contributed by atoms with van der Waals surface area (Å²) in [6.45, 7) is 0. The summed E-state index contributed by atoms with van der Waals surface area (Å²) in [5.41, 5.74) is 1.55. The number of carbonyl (C=O) groups is 2. The average Bonchev–Trinajstić information content (AvgIpc) is 2.87. The third-order valence-electron chi connectivity index (χ3n) is 2.76. The van der Waals surface area contributed by atoms with E-state index < -0.39 is 5.91 Å². The molecule has 0 saturated heterocycles. The zero-order chi connectivity index (χ0) is 12.5. The van der Waals surface area contributed by atoms with Crippen molar-refractivity contribution in [3.8, 4) is 0 Å². The van der Waals surface area contributed by atoms with E-state index in [0.717, 1.165) is 0 Å². The minimum Gasteiger partial charge on any atom is -0.465 e. The van der Waals surface area contributed by atoms with Crippen molar-refractivity contribution in [2.24, 2.45) is 0 Å². The lowest BCUT2D eigenvalue weighted by Crippen LogP contribution is -2.36. The van der Waals surface area contributed by atoms with Crippen LogP contribution in [0.1, 0.15) is 21.7 Å². The number of amides is 2. The van der Waals surface area contributed by atoms with Gasteiger partial charge in [0.25, 0.3) is 11.8 Å². The van der Waals surface area contributed by atoms with E-state index in [2.05, 4.69) is 5.32 Å². The number of hydrogen-bond donors (Lipinski definition) is 1. The minimum atomic E-state index is -0.407. The van der Waals surface area contributed by atoms with E-state index in [4.69, 9.17) is 4.42 Å². The first-order valence-corrected chi connectivity index (χ1v) is 5.46. The predicted octanol–water partition coefficient (Wildman–Crippen LogP) is 2.09. The highest BCUT2D eigenvalue weighted by Crippen LogP contribution is 2.25. The lowest BCUT2D eigenvalue weighted by atomic mass is 9.94. The Morgan fingerprint density at radius 2 is 1.72 bits per heavy atom. The van der Waals surface area contributed by atoms with Crippen LogP contribution in [0.3, 0.4) is 0 Å². The Bertz CT molecular complexity index is 653. The fourth-order valence-electron chi connectivity index (χ4n) is 1.94. The molecule has 1 aliphatic rings. The van der Waals surface area contributed by atoms with Gasteiger partial charge in [0, 0.05) is 11.1 Å². The second-order valence-corrected chi connectivity index (χ2v) is 3.90. The molecule has 2 aromatic rings. The molecule has 4 heteroatoms. The smallest absolute Gasteiger partial charge is 0.258 e. The highest BCUT2D eigenvalue weighted by molar-refractivity contribution is 6.33. The SMILES string of the molecule is O=C1NC(=O)c2ccccc2/C1=C\c1ccco1. The number of benzene rings is 1. The second kappa shape index (κ2) is 4.00. The van der Waals surface area contributed by atoms with Crippen LogP contribution in [0.4, 0.5) is 0 Å². The van der Waals surface area contributed by atoms with Crippen LogP contribution >= 0.6 is 0 Å². The molecule has 0 saturated carbocycles. The van der Waals surface area contributed by atoms with E-state index in [0.29, 0.717) is 22.5 Å². The first-order chi connectivity index (χ1) is 8.75. The van der Waals surface area contributed by atoms with Crippen molar-refractivity contribution < 1.29 is 14.0 Å². The molecule has 0 fully saturated rings. The lowest BCUT2D eigenvalue weighted by Gasteiger charge is -2.17. The topological polar surface area (TPSA) is 59.3 Å². The largest absolute Gasteiger partial charge is 0.465 e. The van der Waals surface area contributed by atoms with Crippen LogP contribution in [0, 0.1) is 0 Å². The molecule has 0 unspecified atom stereocenters. The Balaban J connectivity index is 2.18.